The van der Waals surface area contributed by atoms with Gasteiger partial charge in [0.2, 0.25) is 0 Å². The van der Waals surface area contributed by atoms with Crippen molar-refractivity contribution in [3.8, 4) is 6.07 Å². The molecule has 1 heterocycles. The van der Waals surface area contributed by atoms with Crippen molar-refractivity contribution in [2.75, 3.05) is 0 Å². The summed E-state index contributed by atoms with van der Waals surface area (Å²) in [5.41, 5.74) is 1.47. The topological polar surface area (TPSA) is 41.6 Å². The van der Waals surface area contributed by atoms with Gasteiger partial charge in [-0.3, -0.25) is 0 Å². The normalized spacial score (nSPS) is 15.9. The van der Waals surface area contributed by atoms with Crippen LogP contribution in [0.1, 0.15) is 49.9 Å². The summed E-state index contributed by atoms with van der Waals surface area (Å²) in [5, 5.41) is 13.9. The molecule has 4 heteroatoms. The van der Waals surface area contributed by atoms with Gasteiger partial charge in [-0.1, -0.05) is 11.6 Å². The van der Waals surface area contributed by atoms with Crippen LogP contribution in [0.2, 0.25) is 5.15 Å². The second-order valence-corrected chi connectivity index (χ2v) is 4.33. The molecule has 0 atom stereocenters. The lowest BCUT2D eigenvalue weighted by molar-refractivity contribution is 0.527. The molecule has 0 radical (unpaired) electrons. The van der Waals surface area contributed by atoms with E-state index in [0.29, 0.717) is 16.6 Å². The molecule has 1 fully saturated rings. The first-order chi connectivity index (χ1) is 6.65. The molecule has 1 aromatic rings. The van der Waals surface area contributed by atoms with E-state index >= 15 is 0 Å². The molecule has 1 aliphatic rings. The van der Waals surface area contributed by atoms with E-state index in [1.807, 2.05) is 13.8 Å². The minimum absolute atomic E-state index is 0.210. The molecule has 0 N–H and O–H groups in total. The van der Waals surface area contributed by atoms with Crippen LogP contribution in [0.25, 0.3) is 0 Å². The van der Waals surface area contributed by atoms with Crippen molar-refractivity contribution < 1.29 is 0 Å². The quantitative estimate of drug-likeness (QED) is 0.752. The zero-order chi connectivity index (χ0) is 10.3. The van der Waals surface area contributed by atoms with Crippen LogP contribution in [0, 0.1) is 11.3 Å². The Labute approximate surface area is 88.3 Å². The summed E-state index contributed by atoms with van der Waals surface area (Å²) in [4.78, 5) is 0. The van der Waals surface area contributed by atoms with Crippen LogP contribution in [0.3, 0.4) is 0 Å². The summed E-state index contributed by atoms with van der Waals surface area (Å²) in [6, 6.07) is 2.36. The fourth-order valence-corrected chi connectivity index (χ4v) is 1.89. The first-order valence-corrected chi connectivity index (χ1v) is 5.21. The van der Waals surface area contributed by atoms with Gasteiger partial charge in [0.1, 0.15) is 16.8 Å². The maximum atomic E-state index is 8.98. The summed E-state index contributed by atoms with van der Waals surface area (Å²) < 4.78 is 1.73. The van der Waals surface area contributed by atoms with Crippen molar-refractivity contribution >= 4 is 11.6 Å². The van der Waals surface area contributed by atoms with Crippen LogP contribution in [-0.4, -0.2) is 9.78 Å². The van der Waals surface area contributed by atoms with Gasteiger partial charge in [0.05, 0.1) is 5.69 Å². The Morgan fingerprint density at radius 2 is 2.21 bits per heavy atom. The summed E-state index contributed by atoms with van der Waals surface area (Å²) in [7, 11) is 0. The highest BCUT2D eigenvalue weighted by Crippen LogP contribution is 2.42. The van der Waals surface area contributed by atoms with E-state index < -0.39 is 0 Å². The third kappa shape index (κ3) is 1.40. The fourth-order valence-electron chi connectivity index (χ4n) is 1.52. The second kappa shape index (κ2) is 3.29. The van der Waals surface area contributed by atoms with E-state index in [1.54, 1.807) is 4.68 Å². The van der Waals surface area contributed by atoms with E-state index in [1.165, 1.54) is 0 Å². The van der Waals surface area contributed by atoms with Gasteiger partial charge in [-0.15, -0.1) is 0 Å². The Hall–Kier alpha value is -1.01. The van der Waals surface area contributed by atoms with Crippen LogP contribution < -0.4 is 0 Å². The molecule has 1 aromatic heterocycles. The average molecular weight is 210 g/mol. The van der Waals surface area contributed by atoms with E-state index in [0.717, 1.165) is 18.5 Å². The lowest BCUT2D eigenvalue weighted by Gasteiger charge is -2.05. The Kier molecular flexibility index (Phi) is 2.24. The molecule has 3 nitrogen and oxygen atoms in total. The molecule has 0 saturated heterocycles. The van der Waals surface area contributed by atoms with E-state index in [4.69, 9.17) is 16.9 Å². The minimum Gasteiger partial charge on any atom is -0.250 e. The molecule has 2 rings (SSSR count). The number of nitriles is 1. The highest BCUT2D eigenvalue weighted by molar-refractivity contribution is 6.30. The first-order valence-electron chi connectivity index (χ1n) is 4.83. The third-order valence-electron chi connectivity index (χ3n) is 2.44. The highest BCUT2D eigenvalue weighted by atomic mass is 35.5. The molecule has 0 amide bonds. The zero-order valence-corrected chi connectivity index (χ0v) is 9.04. The van der Waals surface area contributed by atoms with E-state index in [2.05, 4.69) is 11.2 Å². The van der Waals surface area contributed by atoms with Gasteiger partial charge in [0.25, 0.3) is 0 Å². The lowest BCUT2D eigenvalue weighted by Crippen LogP contribution is -2.03. The molecule has 0 bridgehead atoms. The summed E-state index contributed by atoms with van der Waals surface area (Å²) in [6.07, 6.45) is 2.28. The highest BCUT2D eigenvalue weighted by Gasteiger charge is 2.31. The molecule has 0 aromatic carbocycles. The van der Waals surface area contributed by atoms with Crippen molar-refractivity contribution in [1.82, 2.24) is 9.78 Å². The molecule has 1 saturated carbocycles. The SMILES string of the molecule is CC(C)n1nc(C2CC2)c(C#N)c1Cl. The Balaban J connectivity index is 2.50. The minimum atomic E-state index is 0.210. The molecule has 14 heavy (non-hydrogen) atoms. The van der Waals surface area contributed by atoms with Gasteiger partial charge >= 0.3 is 0 Å². The van der Waals surface area contributed by atoms with Gasteiger partial charge in [0.15, 0.2) is 0 Å². The van der Waals surface area contributed by atoms with Gasteiger partial charge in [-0.25, -0.2) is 4.68 Å². The molecule has 0 unspecified atom stereocenters. The number of halogens is 1. The predicted octanol–water partition coefficient (Wildman–Crippen LogP) is 2.87. The van der Waals surface area contributed by atoms with Crippen LogP contribution in [-0.2, 0) is 0 Å². The molecule has 0 aliphatic heterocycles. The number of nitrogens with zero attached hydrogens (tertiary/aromatic N) is 3. The molecule has 1 aliphatic carbocycles. The van der Waals surface area contributed by atoms with Crippen LogP contribution in [0.5, 0.6) is 0 Å². The summed E-state index contributed by atoms with van der Waals surface area (Å²) in [5.74, 6) is 0.474. The number of rotatable bonds is 2. The number of aromatic nitrogens is 2. The van der Waals surface area contributed by atoms with Gasteiger partial charge in [-0.2, -0.15) is 10.4 Å². The van der Waals surface area contributed by atoms with Gasteiger partial charge in [-0.05, 0) is 26.7 Å². The number of hydrogen-bond donors (Lipinski definition) is 0. The largest absolute Gasteiger partial charge is 0.250 e. The second-order valence-electron chi connectivity index (χ2n) is 3.98. The Morgan fingerprint density at radius 1 is 1.57 bits per heavy atom. The lowest BCUT2D eigenvalue weighted by atomic mass is 10.2. The number of hydrogen-bond acceptors (Lipinski definition) is 2. The predicted molar refractivity (Wildman–Crippen MR) is 54.3 cm³/mol. The monoisotopic (exact) mass is 209 g/mol. The maximum Gasteiger partial charge on any atom is 0.145 e. The Bertz CT molecular complexity index is 396. The van der Waals surface area contributed by atoms with Crippen molar-refractivity contribution in [3.05, 3.63) is 16.4 Å². The van der Waals surface area contributed by atoms with Crippen LogP contribution in [0.4, 0.5) is 0 Å². The molecular formula is C10H12ClN3. The third-order valence-corrected chi connectivity index (χ3v) is 2.81. The van der Waals surface area contributed by atoms with Crippen molar-refractivity contribution in [2.24, 2.45) is 0 Å². The standard InChI is InChI=1S/C10H12ClN3/c1-6(2)14-10(11)8(5-12)9(13-14)7-3-4-7/h6-7H,3-4H2,1-2H3. The van der Waals surface area contributed by atoms with Crippen molar-refractivity contribution in [2.45, 2.75) is 38.6 Å². The molecule has 74 valence electrons. The first kappa shape index (κ1) is 9.54. The Morgan fingerprint density at radius 3 is 2.64 bits per heavy atom. The summed E-state index contributed by atoms with van der Waals surface area (Å²) >= 11 is 6.07. The van der Waals surface area contributed by atoms with Gasteiger partial charge < -0.3 is 0 Å². The molecule has 0 spiro atoms. The van der Waals surface area contributed by atoms with E-state index in [-0.39, 0.29) is 6.04 Å². The van der Waals surface area contributed by atoms with Crippen LogP contribution in [0.15, 0.2) is 0 Å². The van der Waals surface area contributed by atoms with Crippen molar-refractivity contribution in [1.29, 1.82) is 5.26 Å². The molecular weight excluding hydrogens is 198 g/mol. The van der Waals surface area contributed by atoms with Crippen molar-refractivity contribution in [3.63, 3.8) is 0 Å². The van der Waals surface area contributed by atoms with Crippen LogP contribution >= 0.6 is 11.6 Å². The summed E-state index contributed by atoms with van der Waals surface area (Å²) in [6.45, 7) is 4.02. The smallest absolute Gasteiger partial charge is 0.145 e. The maximum absolute atomic E-state index is 8.98. The fraction of sp³-hybridized carbons (Fsp3) is 0.600. The zero-order valence-electron chi connectivity index (χ0n) is 8.29. The van der Waals surface area contributed by atoms with E-state index in [9.17, 15) is 0 Å². The average Bonchev–Trinajstić information content (AvgIpc) is 2.90. The van der Waals surface area contributed by atoms with Gasteiger partial charge in [0, 0.05) is 12.0 Å².